The van der Waals surface area contributed by atoms with Crippen molar-refractivity contribution >= 4 is 17.5 Å². The van der Waals surface area contributed by atoms with Crippen LogP contribution in [0, 0.1) is 5.41 Å². The molecule has 1 aromatic heterocycles. The topological polar surface area (TPSA) is 67.2 Å². The smallest absolute Gasteiger partial charge is 0.250 e. The van der Waals surface area contributed by atoms with E-state index >= 15 is 0 Å². The summed E-state index contributed by atoms with van der Waals surface area (Å²) in [4.78, 5) is 26.4. The Morgan fingerprint density at radius 2 is 2.00 bits per heavy atom. The van der Waals surface area contributed by atoms with Crippen molar-refractivity contribution in [1.82, 2.24) is 15.1 Å². The highest BCUT2D eigenvalue weighted by Gasteiger charge is 2.44. The minimum Gasteiger partial charge on any atom is -0.342 e. The van der Waals surface area contributed by atoms with Crippen molar-refractivity contribution in [1.29, 1.82) is 0 Å². The Labute approximate surface area is 119 Å². The van der Waals surface area contributed by atoms with Gasteiger partial charge in [0.15, 0.2) is 0 Å². The van der Waals surface area contributed by atoms with Crippen LogP contribution in [0.5, 0.6) is 0 Å². The van der Waals surface area contributed by atoms with Crippen LogP contribution in [0.15, 0.2) is 12.4 Å². The van der Waals surface area contributed by atoms with Crippen LogP contribution in [0.4, 0.5) is 5.69 Å². The van der Waals surface area contributed by atoms with Crippen molar-refractivity contribution in [3.05, 3.63) is 12.4 Å². The summed E-state index contributed by atoms with van der Waals surface area (Å²) in [6, 6.07) is -1.04. The molecule has 1 N–H and O–H groups in total. The van der Waals surface area contributed by atoms with Crippen molar-refractivity contribution in [2.75, 3.05) is 4.90 Å². The van der Waals surface area contributed by atoms with E-state index in [0.717, 1.165) is 6.54 Å². The van der Waals surface area contributed by atoms with Gasteiger partial charge in [0.05, 0.1) is 11.9 Å². The van der Waals surface area contributed by atoms with E-state index in [0.29, 0.717) is 5.69 Å². The van der Waals surface area contributed by atoms with Gasteiger partial charge in [-0.1, -0.05) is 20.8 Å². The molecule has 0 saturated carbocycles. The molecule has 0 radical (unpaired) electrons. The molecule has 1 aromatic rings. The number of hydrogen-bond acceptors (Lipinski definition) is 3. The second-order valence-corrected chi connectivity index (χ2v) is 6.25. The monoisotopic (exact) mass is 278 g/mol. The molecule has 110 valence electrons. The average Bonchev–Trinajstić information content (AvgIpc) is 2.81. The lowest BCUT2D eigenvalue weighted by atomic mass is 9.84. The molecule has 0 bridgehead atoms. The lowest BCUT2D eigenvalue weighted by molar-refractivity contribution is -0.136. The zero-order valence-electron chi connectivity index (χ0n) is 12.7. The summed E-state index contributed by atoms with van der Waals surface area (Å²) in [5.74, 6) is -0.214. The van der Waals surface area contributed by atoms with Crippen molar-refractivity contribution < 1.29 is 9.59 Å². The Hall–Kier alpha value is -1.85. The van der Waals surface area contributed by atoms with Crippen LogP contribution < -0.4 is 10.2 Å². The fraction of sp³-hybridized carbons (Fsp3) is 0.643. The highest BCUT2D eigenvalue weighted by Crippen LogP contribution is 2.28. The molecule has 0 aliphatic carbocycles. The quantitative estimate of drug-likeness (QED) is 0.883. The summed E-state index contributed by atoms with van der Waals surface area (Å²) in [6.45, 7) is 10.3. The van der Waals surface area contributed by atoms with Gasteiger partial charge in [-0.25, -0.2) is 0 Å². The van der Waals surface area contributed by atoms with Gasteiger partial charge in [-0.15, -0.1) is 0 Å². The first kappa shape index (κ1) is 14.6. The number of rotatable bonds is 2. The predicted octanol–water partition coefficient (Wildman–Crippen LogP) is 1.17. The van der Waals surface area contributed by atoms with Crippen LogP contribution in [-0.2, 0) is 16.1 Å². The van der Waals surface area contributed by atoms with Crippen LogP contribution in [0.2, 0.25) is 0 Å². The maximum absolute atomic E-state index is 12.7. The number of nitrogens with zero attached hydrogens (tertiary/aromatic N) is 3. The number of piperazine rings is 1. The van der Waals surface area contributed by atoms with Gasteiger partial charge in [-0.3, -0.25) is 19.2 Å². The van der Waals surface area contributed by atoms with E-state index in [2.05, 4.69) is 10.4 Å². The standard InChI is InChI=1S/C14H22N4O2/c1-6-17-8-10(7-15-17)18-9(2)12(19)16-11(13(18)20)14(3,4)5/h7-9,11H,6H2,1-5H3,(H,16,19). The molecule has 1 aliphatic heterocycles. The summed E-state index contributed by atoms with van der Waals surface area (Å²) in [7, 11) is 0. The molecule has 2 heterocycles. The molecule has 0 spiro atoms. The van der Waals surface area contributed by atoms with E-state index in [1.54, 1.807) is 28.9 Å². The highest BCUT2D eigenvalue weighted by molar-refractivity contribution is 6.08. The van der Waals surface area contributed by atoms with Gasteiger partial charge in [0.2, 0.25) is 5.91 Å². The molecule has 2 amide bonds. The molecule has 6 heteroatoms. The van der Waals surface area contributed by atoms with E-state index in [9.17, 15) is 9.59 Å². The van der Waals surface area contributed by atoms with Crippen molar-refractivity contribution in [2.45, 2.75) is 53.2 Å². The van der Waals surface area contributed by atoms with Crippen LogP contribution >= 0.6 is 0 Å². The summed E-state index contributed by atoms with van der Waals surface area (Å²) in [5.41, 5.74) is 0.347. The molecule has 2 unspecified atom stereocenters. The number of aryl methyl sites for hydroxylation is 1. The fourth-order valence-electron chi connectivity index (χ4n) is 2.36. The Kier molecular flexibility index (Phi) is 3.58. The molecule has 1 aliphatic rings. The normalized spacial score (nSPS) is 23.9. The Balaban J connectivity index is 2.38. The Morgan fingerprint density at radius 3 is 2.50 bits per heavy atom. The van der Waals surface area contributed by atoms with E-state index < -0.39 is 12.1 Å². The maximum Gasteiger partial charge on any atom is 0.250 e. The third-order valence-corrected chi connectivity index (χ3v) is 3.63. The molecule has 6 nitrogen and oxygen atoms in total. The van der Waals surface area contributed by atoms with Crippen molar-refractivity contribution in [3.8, 4) is 0 Å². The Bertz CT molecular complexity index is 530. The maximum atomic E-state index is 12.7. The minimum absolute atomic E-state index is 0.0831. The molecule has 2 rings (SSSR count). The van der Waals surface area contributed by atoms with Gasteiger partial charge in [-0.05, 0) is 19.3 Å². The van der Waals surface area contributed by atoms with Crippen LogP contribution in [0.1, 0.15) is 34.6 Å². The van der Waals surface area contributed by atoms with Gasteiger partial charge in [0.1, 0.15) is 12.1 Å². The van der Waals surface area contributed by atoms with Gasteiger partial charge in [-0.2, -0.15) is 5.10 Å². The zero-order valence-corrected chi connectivity index (χ0v) is 12.7. The molecule has 1 saturated heterocycles. The summed E-state index contributed by atoms with van der Waals surface area (Å²) < 4.78 is 1.74. The first-order valence-corrected chi connectivity index (χ1v) is 6.91. The van der Waals surface area contributed by atoms with Crippen LogP contribution in [0.3, 0.4) is 0 Å². The van der Waals surface area contributed by atoms with E-state index in [1.165, 1.54) is 0 Å². The molecule has 0 aromatic carbocycles. The summed E-state index contributed by atoms with van der Waals surface area (Å²) in [6.07, 6.45) is 3.43. The van der Waals surface area contributed by atoms with Crippen LogP contribution in [-0.4, -0.2) is 33.7 Å². The van der Waals surface area contributed by atoms with Gasteiger partial charge >= 0.3 is 0 Å². The predicted molar refractivity (Wildman–Crippen MR) is 76.2 cm³/mol. The first-order chi connectivity index (χ1) is 9.25. The molecular weight excluding hydrogens is 256 g/mol. The number of carbonyl (C=O) groups excluding carboxylic acids is 2. The molecule has 1 fully saturated rings. The average molecular weight is 278 g/mol. The number of hydrogen-bond donors (Lipinski definition) is 1. The van der Waals surface area contributed by atoms with Crippen LogP contribution in [0.25, 0.3) is 0 Å². The zero-order chi connectivity index (χ0) is 15.1. The number of aromatic nitrogens is 2. The van der Waals surface area contributed by atoms with E-state index in [-0.39, 0.29) is 17.2 Å². The van der Waals surface area contributed by atoms with Gasteiger partial charge in [0, 0.05) is 12.7 Å². The number of anilines is 1. The second-order valence-electron chi connectivity index (χ2n) is 6.25. The first-order valence-electron chi connectivity index (χ1n) is 6.91. The molecular formula is C14H22N4O2. The largest absolute Gasteiger partial charge is 0.342 e. The van der Waals surface area contributed by atoms with E-state index in [4.69, 9.17) is 0 Å². The second kappa shape index (κ2) is 4.92. The van der Waals surface area contributed by atoms with Crippen molar-refractivity contribution in [2.24, 2.45) is 5.41 Å². The SMILES string of the molecule is CCn1cc(N2C(=O)C(C(C)(C)C)NC(=O)C2C)cn1. The lowest BCUT2D eigenvalue weighted by Gasteiger charge is -2.41. The third-order valence-electron chi connectivity index (χ3n) is 3.63. The highest BCUT2D eigenvalue weighted by atomic mass is 16.2. The molecule has 20 heavy (non-hydrogen) atoms. The molecule has 2 atom stereocenters. The van der Waals surface area contributed by atoms with Gasteiger partial charge < -0.3 is 5.32 Å². The van der Waals surface area contributed by atoms with E-state index in [1.807, 2.05) is 27.7 Å². The lowest BCUT2D eigenvalue weighted by Crippen LogP contribution is -2.66. The third kappa shape index (κ3) is 2.42. The summed E-state index contributed by atoms with van der Waals surface area (Å²) in [5, 5.41) is 7.00. The number of amides is 2. The Morgan fingerprint density at radius 1 is 1.35 bits per heavy atom. The fourth-order valence-corrected chi connectivity index (χ4v) is 2.36. The minimum atomic E-state index is -0.518. The number of nitrogens with one attached hydrogen (secondary N) is 1. The van der Waals surface area contributed by atoms with Gasteiger partial charge in [0.25, 0.3) is 5.91 Å². The van der Waals surface area contributed by atoms with Crippen molar-refractivity contribution in [3.63, 3.8) is 0 Å². The number of carbonyl (C=O) groups is 2. The summed E-state index contributed by atoms with van der Waals surface area (Å²) >= 11 is 0.